The largest absolute Gasteiger partial charge is 0.491 e. The Morgan fingerprint density at radius 3 is 2.58 bits per heavy atom. The zero-order valence-corrected chi connectivity index (χ0v) is 25.7. The summed E-state index contributed by atoms with van der Waals surface area (Å²) < 4.78 is 21.9. The van der Waals surface area contributed by atoms with Crippen LogP contribution in [0.15, 0.2) is 36.4 Å². The molecule has 2 N–H and O–H groups in total. The zero-order valence-electron chi connectivity index (χ0n) is 24.2. The molecule has 5 unspecified atom stereocenters. The first-order chi connectivity index (χ1) is 19.4. The first-order valence-corrected chi connectivity index (χ1v) is 16.5. The maximum absolute atomic E-state index is 13.1. The van der Waals surface area contributed by atoms with Gasteiger partial charge in [-0.1, -0.05) is 57.2 Å². The summed E-state index contributed by atoms with van der Waals surface area (Å²) in [6.45, 7) is 6.74. The fourth-order valence-corrected chi connectivity index (χ4v) is 7.73. The Bertz CT molecular complexity index is 1180. The summed E-state index contributed by atoms with van der Waals surface area (Å²) in [6.07, 6.45) is 9.35. The second-order valence-corrected chi connectivity index (χ2v) is 13.3. The molecule has 5 atom stereocenters. The van der Waals surface area contributed by atoms with Gasteiger partial charge in [-0.05, 0) is 84.9 Å². The number of carbonyl (C=O) groups is 1. The summed E-state index contributed by atoms with van der Waals surface area (Å²) >= 11 is 6.38. The van der Waals surface area contributed by atoms with E-state index in [1.807, 2.05) is 18.2 Å². The Balaban J connectivity index is 0.00000181. The minimum atomic E-state index is -1.38. The van der Waals surface area contributed by atoms with Gasteiger partial charge < -0.3 is 14.7 Å². The van der Waals surface area contributed by atoms with Gasteiger partial charge in [0.1, 0.15) is 16.7 Å². The second kappa shape index (κ2) is 14.7. The Morgan fingerprint density at radius 2 is 1.82 bits per heavy atom. The van der Waals surface area contributed by atoms with E-state index in [0.717, 1.165) is 68.3 Å². The third kappa shape index (κ3) is 7.59. The summed E-state index contributed by atoms with van der Waals surface area (Å²) in [4.78, 5) is 15.6. The number of benzene rings is 2. The summed E-state index contributed by atoms with van der Waals surface area (Å²) in [7, 11) is -0.382. The van der Waals surface area contributed by atoms with Crippen molar-refractivity contribution in [3.8, 4) is 5.75 Å². The van der Waals surface area contributed by atoms with Crippen LogP contribution >= 0.6 is 11.6 Å². The quantitative estimate of drug-likeness (QED) is 0.427. The fourth-order valence-electron chi connectivity index (χ4n) is 6.44. The zero-order chi connectivity index (χ0) is 28.6. The lowest BCUT2D eigenvalue weighted by molar-refractivity contribution is 0.0982. The molecule has 2 aromatic rings. The molecule has 220 valence electrons. The Kier molecular flexibility index (Phi) is 11.3. The molecule has 1 saturated carbocycles. The lowest BCUT2D eigenvalue weighted by Gasteiger charge is -2.41. The fraction of sp³-hybridized carbons (Fsp3) is 0.594. The molecule has 3 aliphatic rings. The van der Waals surface area contributed by atoms with Crippen LogP contribution in [0.5, 0.6) is 5.75 Å². The Hall–Kier alpha value is -2.09. The van der Waals surface area contributed by atoms with E-state index in [0.29, 0.717) is 29.8 Å². The molecule has 40 heavy (non-hydrogen) atoms. The number of carbonyl (C=O) groups excluding carboxylic acids is 1. The van der Waals surface area contributed by atoms with E-state index < -0.39 is 11.0 Å². The molecule has 2 aliphatic heterocycles. The standard InChI is InChI=1S/C31H41ClN2O3S.CH4O/c1-3-6-23-15-27(32)12-13-28(23)26-18-34-17-25-10-9-22(25)8-5-4-7-21(2)20-38(36)33-31(35)24-11-14-30(37-19-26)29(34)16-24;1-2/h11-16,21-22,25-26H,3-10,17-20H2,1-2H3,(H,33,35);2H,1H3. The van der Waals surface area contributed by atoms with Gasteiger partial charge in [0.2, 0.25) is 0 Å². The van der Waals surface area contributed by atoms with E-state index in [-0.39, 0.29) is 11.8 Å². The molecule has 8 heteroatoms. The highest BCUT2D eigenvalue weighted by Crippen LogP contribution is 2.43. The van der Waals surface area contributed by atoms with Crippen molar-refractivity contribution < 1.29 is 18.8 Å². The topological polar surface area (TPSA) is 78.9 Å². The molecular weight excluding hydrogens is 544 g/mol. The number of rotatable bonds is 3. The summed E-state index contributed by atoms with van der Waals surface area (Å²) in [5, 5.41) is 7.78. The summed E-state index contributed by atoms with van der Waals surface area (Å²) in [5.74, 6) is 3.00. The van der Waals surface area contributed by atoms with Crippen molar-refractivity contribution in [2.45, 2.75) is 71.1 Å². The van der Waals surface area contributed by atoms with Crippen LogP contribution in [-0.4, -0.2) is 47.8 Å². The molecule has 1 aliphatic carbocycles. The first kappa shape index (κ1) is 30.9. The normalized spacial score (nSPS) is 27.1. The molecule has 1 amide bonds. The van der Waals surface area contributed by atoms with Gasteiger partial charge in [0.15, 0.2) is 0 Å². The van der Waals surface area contributed by atoms with Gasteiger partial charge in [0.05, 0.1) is 12.3 Å². The van der Waals surface area contributed by atoms with E-state index in [1.54, 1.807) is 6.07 Å². The first-order valence-electron chi connectivity index (χ1n) is 14.9. The predicted octanol–water partition coefficient (Wildman–Crippen LogP) is 6.51. The molecule has 0 aromatic heterocycles. The number of hydrogen-bond acceptors (Lipinski definition) is 5. The van der Waals surface area contributed by atoms with Gasteiger partial charge >= 0.3 is 0 Å². The second-order valence-electron chi connectivity index (χ2n) is 11.6. The number of aliphatic hydroxyl groups excluding tert-OH is 1. The highest BCUT2D eigenvalue weighted by molar-refractivity contribution is 7.83. The number of aryl methyl sites for hydroxylation is 1. The smallest absolute Gasteiger partial charge is 0.263 e. The van der Waals surface area contributed by atoms with E-state index in [2.05, 4.69) is 35.6 Å². The Labute approximate surface area is 247 Å². The SMILES string of the molecule is CCCc1cc(Cl)ccc1C1COc2ccc3cc2N(C1)CC1CCC1CCCCC(C)CS(=O)NC3=O.CO. The molecule has 2 bridgehead atoms. The van der Waals surface area contributed by atoms with E-state index >= 15 is 0 Å². The van der Waals surface area contributed by atoms with Crippen LogP contribution in [-0.2, 0) is 17.4 Å². The lowest BCUT2D eigenvalue weighted by atomic mass is 9.70. The van der Waals surface area contributed by atoms with Gasteiger partial charge in [0, 0.05) is 42.5 Å². The van der Waals surface area contributed by atoms with Crippen molar-refractivity contribution in [1.29, 1.82) is 0 Å². The maximum atomic E-state index is 13.1. The number of halogens is 1. The van der Waals surface area contributed by atoms with Crippen LogP contribution in [0.2, 0.25) is 5.02 Å². The minimum absolute atomic E-state index is 0.205. The van der Waals surface area contributed by atoms with Gasteiger partial charge in [0.25, 0.3) is 5.91 Å². The van der Waals surface area contributed by atoms with Crippen LogP contribution in [0, 0.1) is 17.8 Å². The average Bonchev–Trinajstić information content (AvgIpc) is 3.11. The molecule has 0 spiro atoms. The molecule has 0 radical (unpaired) electrons. The van der Waals surface area contributed by atoms with Crippen LogP contribution in [0.4, 0.5) is 5.69 Å². The van der Waals surface area contributed by atoms with Gasteiger partial charge in [-0.2, -0.15) is 0 Å². The van der Waals surface area contributed by atoms with Crippen molar-refractivity contribution in [3.05, 3.63) is 58.1 Å². The number of hydrogen-bond donors (Lipinski definition) is 2. The van der Waals surface area contributed by atoms with Gasteiger partial charge in [-0.25, -0.2) is 4.21 Å². The Morgan fingerprint density at radius 1 is 1.05 bits per heavy atom. The number of nitrogens with zero attached hydrogens (tertiary/aromatic N) is 1. The van der Waals surface area contributed by atoms with Crippen molar-refractivity contribution in [1.82, 2.24) is 4.72 Å². The maximum Gasteiger partial charge on any atom is 0.263 e. The van der Waals surface area contributed by atoms with Crippen molar-refractivity contribution >= 4 is 34.2 Å². The van der Waals surface area contributed by atoms with Gasteiger partial charge in [-0.3, -0.25) is 9.52 Å². The number of amides is 1. The molecule has 2 heterocycles. The van der Waals surface area contributed by atoms with E-state index in [1.165, 1.54) is 36.8 Å². The van der Waals surface area contributed by atoms with Crippen LogP contribution < -0.4 is 14.4 Å². The predicted molar refractivity (Wildman–Crippen MR) is 165 cm³/mol. The van der Waals surface area contributed by atoms with E-state index in [9.17, 15) is 9.00 Å². The number of nitrogens with one attached hydrogen (secondary N) is 1. The highest BCUT2D eigenvalue weighted by atomic mass is 35.5. The number of fused-ring (bicyclic) bond motifs is 2. The van der Waals surface area contributed by atoms with Gasteiger partial charge in [-0.15, -0.1) is 0 Å². The summed E-state index contributed by atoms with van der Waals surface area (Å²) in [6, 6.07) is 11.9. The van der Waals surface area contributed by atoms with Crippen molar-refractivity contribution in [3.63, 3.8) is 0 Å². The van der Waals surface area contributed by atoms with Crippen LogP contribution in [0.1, 0.15) is 86.2 Å². The third-order valence-corrected chi connectivity index (χ3v) is 10.2. The van der Waals surface area contributed by atoms with Crippen molar-refractivity contribution in [2.75, 3.05) is 37.5 Å². The molecule has 5 rings (SSSR count). The number of aliphatic hydroxyl groups is 1. The lowest BCUT2D eigenvalue weighted by Crippen LogP contribution is -2.40. The summed E-state index contributed by atoms with van der Waals surface area (Å²) in [5.41, 5.74) is 4.12. The monoisotopic (exact) mass is 588 g/mol. The average molecular weight is 589 g/mol. The molecule has 0 saturated heterocycles. The molecule has 6 nitrogen and oxygen atoms in total. The molecule has 2 aromatic carbocycles. The van der Waals surface area contributed by atoms with E-state index in [4.69, 9.17) is 21.4 Å². The van der Waals surface area contributed by atoms with Crippen molar-refractivity contribution in [2.24, 2.45) is 17.8 Å². The molecular formula is C32H45ClN2O4S. The van der Waals surface area contributed by atoms with Crippen LogP contribution in [0.3, 0.4) is 0 Å². The minimum Gasteiger partial charge on any atom is -0.491 e. The number of ether oxygens (including phenoxy) is 1. The van der Waals surface area contributed by atoms with Crippen LogP contribution in [0.25, 0.3) is 0 Å². The molecule has 1 fully saturated rings. The number of anilines is 1. The highest BCUT2D eigenvalue weighted by Gasteiger charge is 2.35. The third-order valence-electron chi connectivity index (χ3n) is 8.70.